The third-order valence-electron chi connectivity index (χ3n) is 4.80. The van der Waals surface area contributed by atoms with Crippen molar-refractivity contribution in [1.29, 1.82) is 0 Å². The summed E-state index contributed by atoms with van der Waals surface area (Å²) < 4.78 is 7.75. The minimum Gasteiger partial charge on any atom is -0.380 e. The lowest BCUT2D eigenvalue weighted by Gasteiger charge is -2.32. The van der Waals surface area contributed by atoms with E-state index in [1.807, 2.05) is 53.2 Å². The third-order valence-corrected chi connectivity index (χ3v) is 4.80. The molecule has 5 heteroatoms. The maximum atomic E-state index is 12.8. The van der Waals surface area contributed by atoms with Crippen molar-refractivity contribution in [2.75, 3.05) is 19.8 Å². The first-order chi connectivity index (χ1) is 11.7. The van der Waals surface area contributed by atoms with Crippen molar-refractivity contribution in [2.24, 2.45) is 13.0 Å². The number of ether oxygens (including phenoxy) is 1. The highest BCUT2D eigenvalue weighted by atomic mass is 16.5. The molecule has 1 aliphatic heterocycles. The Bertz CT molecular complexity index is 721. The van der Waals surface area contributed by atoms with Crippen molar-refractivity contribution in [3.63, 3.8) is 0 Å². The van der Waals surface area contributed by atoms with Crippen LogP contribution in [0.15, 0.2) is 36.5 Å². The van der Waals surface area contributed by atoms with Gasteiger partial charge in [-0.2, -0.15) is 5.10 Å². The van der Waals surface area contributed by atoms with Crippen molar-refractivity contribution in [3.8, 4) is 0 Å². The van der Waals surface area contributed by atoms with Gasteiger partial charge < -0.3 is 9.64 Å². The van der Waals surface area contributed by atoms with Crippen LogP contribution in [-0.4, -0.2) is 40.3 Å². The molecule has 1 saturated carbocycles. The second-order valence-electron chi connectivity index (χ2n) is 6.94. The monoisotopic (exact) mass is 325 g/mol. The fourth-order valence-electron chi connectivity index (χ4n) is 3.35. The molecular weight excluding hydrogens is 302 g/mol. The number of hydrogen-bond acceptors (Lipinski definition) is 3. The van der Waals surface area contributed by atoms with E-state index in [9.17, 15) is 4.79 Å². The zero-order chi connectivity index (χ0) is 16.5. The van der Waals surface area contributed by atoms with E-state index >= 15 is 0 Å². The Kier molecular flexibility index (Phi) is 4.10. The Hall–Kier alpha value is -2.14. The fourth-order valence-corrected chi connectivity index (χ4v) is 3.35. The number of hydrogen-bond donors (Lipinski definition) is 0. The second kappa shape index (κ2) is 6.40. The maximum Gasteiger partial charge on any atom is 0.254 e. The topological polar surface area (TPSA) is 47.4 Å². The summed E-state index contributed by atoms with van der Waals surface area (Å²) in [7, 11) is 1.93. The highest BCUT2D eigenvalue weighted by molar-refractivity contribution is 5.94. The predicted molar refractivity (Wildman–Crippen MR) is 90.7 cm³/mol. The van der Waals surface area contributed by atoms with Crippen LogP contribution in [-0.2, 0) is 18.3 Å². The molecule has 1 aromatic carbocycles. The molecule has 126 valence electrons. The van der Waals surface area contributed by atoms with Gasteiger partial charge in [-0.3, -0.25) is 9.48 Å². The summed E-state index contributed by atoms with van der Waals surface area (Å²) in [5.74, 6) is 0.984. The van der Waals surface area contributed by atoms with Crippen molar-refractivity contribution in [2.45, 2.75) is 25.3 Å². The number of aromatic nitrogens is 2. The predicted octanol–water partition coefficient (Wildman–Crippen LogP) is 2.59. The van der Waals surface area contributed by atoms with E-state index in [1.54, 1.807) is 0 Å². The van der Waals surface area contributed by atoms with Gasteiger partial charge in [-0.05, 0) is 30.9 Å². The first-order valence-corrected chi connectivity index (χ1v) is 8.65. The molecule has 2 aliphatic rings. The highest BCUT2D eigenvalue weighted by Gasteiger charge is 2.32. The number of carbonyl (C=O) groups excluding carboxylic acids is 1. The standard InChI is InChI=1S/C19H23N3O2/c1-21-9-16-10-22(19(23)15-5-3-2-4-6-15)11-17(18(16)20-21)13-24-12-14-7-8-14/h2-6,9,14,17H,7-8,10-13H2,1H3. The first kappa shape index (κ1) is 15.4. The Morgan fingerprint density at radius 2 is 2.04 bits per heavy atom. The van der Waals surface area contributed by atoms with Gasteiger partial charge in [0.15, 0.2) is 0 Å². The molecular formula is C19H23N3O2. The molecule has 2 aromatic rings. The third kappa shape index (κ3) is 3.22. The van der Waals surface area contributed by atoms with E-state index in [1.165, 1.54) is 12.8 Å². The van der Waals surface area contributed by atoms with Crippen LogP contribution in [0.2, 0.25) is 0 Å². The van der Waals surface area contributed by atoms with Crippen LogP contribution >= 0.6 is 0 Å². The Balaban J connectivity index is 1.51. The number of amides is 1. The van der Waals surface area contributed by atoms with E-state index in [2.05, 4.69) is 5.10 Å². The second-order valence-corrected chi connectivity index (χ2v) is 6.94. The summed E-state index contributed by atoms with van der Waals surface area (Å²) >= 11 is 0. The lowest BCUT2D eigenvalue weighted by Crippen LogP contribution is -2.39. The number of fused-ring (bicyclic) bond motifs is 1. The van der Waals surface area contributed by atoms with Crippen LogP contribution in [0.3, 0.4) is 0 Å². The normalized spacial score (nSPS) is 20.0. The smallest absolute Gasteiger partial charge is 0.254 e. The van der Waals surface area contributed by atoms with Crippen LogP contribution < -0.4 is 0 Å². The molecule has 0 spiro atoms. The quantitative estimate of drug-likeness (QED) is 0.849. The fraction of sp³-hybridized carbons (Fsp3) is 0.474. The molecule has 1 aromatic heterocycles. The van der Waals surface area contributed by atoms with Crippen LogP contribution in [0.4, 0.5) is 0 Å². The van der Waals surface area contributed by atoms with Gasteiger partial charge in [0.25, 0.3) is 5.91 Å². The molecule has 1 amide bonds. The zero-order valence-electron chi connectivity index (χ0n) is 14.0. The van der Waals surface area contributed by atoms with Gasteiger partial charge in [-0.25, -0.2) is 0 Å². The molecule has 4 rings (SSSR count). The molecule has 0 saturated heterocycles. The molecule has 0 bridgehead atoms. The molecule has 0 N–H and O–H groups in total. The molecule has 2 heterocycles. The summed E-state index contributed by atoms with van der Waals surface area (Å²) in [6.45, 7) is 2.77. The van der Waals surface area contributed by atoms with Gasteiger partial charge in [0.2, 0.25) is 0 Å². The maximum absolute atomic E-state index is 12.8. The first-order valence-electron chi connectivity index (χ1n) is 8.65. The lowest BCUT2D eigenvalue weighted by molar-refractivity contribution is 0.0626. The Labute approximate surface area is 142 Å². The van der Waals surface area contributed by atoms with Gasteiger partial charge in [0, 0.05) is 50.0 Å². The largest absolute Gasteiger partial charge is 0.380 e. The summed E-state index contributed by atoms with van der Waals surface area (Å²) in [6, 6.07) is 9.49. The lowest BCUT2D eigenvalue weighted by atomic mass is 9.96. The molecule has 1 fully saturated rings. The SMILES string of the molecule is Cn1cc2c(n1)C(COCC1CC1)CN(C(=O)c1ccccc1)C2. The number of benzene rings is 1. The zero-order valence-corrected chi connectivity index (χ0v) is 14.0. The van der Waals surface area contributed by atoms with Crippen molar-refractivity contribution in [3.05, 3.63) is 53.3 Å². The van der Waals surface area contributed by atoms with Crippen molar-refractivity contribution in [1.82, 2.24) is 14.7 Å². The summed E-state index contributed by atoms with van der Waals surface area (Å²) in [4.78, 5) is 14.7. The minimum atomic E-state index is 0.0808. The van der Waals surface area contributed by atoms with Gasteiger partial charge in [0.05, 0.1) is 12.3 Å². The van der Waals surface area contributed by atoms with E-state index in [0.717, 1.165) is 29.3 Å². The average molecular weight is 325 g/mol. The number of carbonyl (C=O) groups is 1. The van der Waals surface area contributed by atoms with Crippen LogP contribution in [0.5, 0.6) is 0 Å². The van der Waals surface area contributed by atoms with Crippen LogP contribution in [0.25, 0.3) is 0 Å². The van der Waals surface area contributed by atoms with Gasteiger partial charge in [-0.1, -0.05) is 18.2 Å². The number of nitrogens with zero attached hydrogens (tertiary/aromatic N) is 3. The highest BCUT2D eigenvalue weighted by Crippen LogP contribution is 2.31. The molecule has 1 aliphatic carbocycles. The van der Waals surface area contributed by atoms with E-state index in [0.29, 0.717) is 19.7 Å². The number of aryl methyl sites for hydroxylation is 1. The molecule has 24 heavy (non-hydrogen) atoms. The average Bonchev–Trinajstić information content (AvgIpc) is 3.34. The Morgan fingerprint density at radius 1 is 1.25 bits per heavy atom. The van der Waals surface area contributed by atoms with Gasteiger partial charge in [-0.15, -0.1) is 0 Å². The summed E-state index contributed by atoms with van der Waals surface area (Å²) in [5.41, 5.74) is 2.96. The minimum absolute atomic E-state index is 0.0808. The van der Waals surface area contributed by atoms with E-state index in [4.69, 9.17) is 4.74 Å². The molecule has 1 atom stereocenters. The van der Waals surface area contributed by atoms with Crippen LogP contribution in [0.1, 0.15) is 40.4 Å². The van der Waals surface area contributed by atoms with Crippen molar-refractivity contribution < 1.29 is 9.53 Å². The summed E-state index contributed by atoms with van der Waals surface area (Å²) in [6.07, 6.45) is 4.60. The van der Waals surface area contributed by atoms with E-state index < -0.39 is 0 Å². The van der Waals surface area contributed by atoms with Crippen molar-refractivity contribution >= 4 is 5.91 Å². The molecule has 1 unspecified atom stereocenters. The van der Waals surface area contributed by atoms with Gasteiger partial charge >= 0.3 is 0 Å². The molecule has 0 radical (unpaired) electrons. The summed E-state index contributed by atoms with van der Waals surface area (Å²) in [5, 5.41) is 4.61. The van der Waals surface area contributed by atoms with E-state index in [-0.39, 0.29) is 11.8 Å². The molecule has 5 nitrogen and oxygen atoms in total. The Morgan fingerprint density at radius 3 is 2.79 bits per heavy atom. The number of rotatable bonds is 5. The van der Waals surface area contributed by atoms with Gasteiger partial charge in [0.1, 0.15) is 0 Å². The van der Waals surface area contributed by atoms with Crippen LogP contribution in [0, 0.1) is 5.92 Å².